The molecule has 1 unspecified atom stereocenters. The zero-order valence-electron chi connectivity index (χ0n) is 29.7. The number of aliphatic hydroxyl groups is 1. The van der Waals surface area contributed by atoms with Crippen LogP contribution in [0.2, 0.25) is 0 Å². The van der Waals surface area contributed by atoms with Gasteiger partial charge in [-0.25, -0.2) is 4.79 Å². The number of aromatic amines is 1. The van der Waals surface area contributed by atoms with Crippen molar-refractivity contribution < 1.29 is 23.0 Å². The second kappa shape index (κ2) is 17.0. The lowest BCUT2D eigenvalue weighted by atomic mass is 9.85. The van der Waals surface area contributed by atoms with Crippen molar-refractivity contribution in [2.45, 2.75) is 90.6 Å². The summed E-state index contributed by atoms with van der Waals surface area (Å²) in [5, 5.41) is 14.3. The highest BCUT2D eigenvalue weighted by Gasteiger charge is 2.32. The summed E-state index contributed by atoms with van der Waals surface area (Å²) < 4.78 is 42.8. The first kappa shape index (κ1) is 40.0. The van der Waals surface area contributed by atoms with Crippen molar-refractivity contribution >= 4 is 17.0 Å². The van der Waals surface area contributed by atoms with Gasteiger partial charge in [0.25, 0.3) is 0 Å². The number of alkyl halides is 3. The Kier molecular flexibility index (Phi) is 13.6. The molecule has 0 spiro atoms. The molecule has 0 aliphatic heterocycles. The molecule has 0 amide bonds. The van der Waals surface area contributed by atoms with Crippen molar-refractivity contribution in [3.05, 3.63) is 87.6 Å². The van der Waals surface area contributed by atoms with E-state index in [2.05, 4.69) is 51.9 Å². The normalized spacial score (nSPS) is 12.7. The fraction of sp³-hybridized carbons (Fsp3) is 0.472. The number of nitrogens with two attached hydrogens (primary N) is 3. The van der Waals surface area contributed by atoms with Gasteiger partial charge in [0.1, 0.15) is 11.4 Å². The number of hydrogen-bond donors (Lipinski definition) is 6. The molecule has 2 heterocycles. The number of H-pyrrole nitrogens is 1. The summed E-state index contributed by atoms with van der Waals surface area (Å²) >= 11 is 0. The summed E-state index contributed by atoms with van der Waals surface area (Å²) in [6.45, 7) is 14.6. The van der Waals surface area contributed by atoms with Crippen molar-refractivity contribution in [1.29, 1.82) is 0 Å². The highest BCUT2D eigenvalue weighted by atomic mass is 19.4. The summed E-state index contributed by atoms with van der Waals surface area (Å²) in [6, 6.07) is 14.2. The van der Waals surface area contributed by atoms with Crippen molar-refractivity contribution in [3.63, 3.8) is 0 Å². The molecule has 0 aliphatic rings. The number of aromatic nitrogens is 3. The zero-order valence-corrected chi connectivity index (χ0v) is 29.7. The molecule has 14 heteroatoms. The van der Waals surface area contributed by atoms with Crippen LogP contribution in [0.15, 0.2) is 64.5 Å². The maximum atomic E-state index is 12.5. The Morgan fingerprint density at radius 1 is 1.02 bits per heavy atom. The predicted molar refractivity (Wildman–Crippen MR) is 192 cm³/mol. The van der Waals surface area contributed by atoms with Crippen molar-refractivity contribution in [2.75, 3.05) is 19.6 Å². The molecule has 0 aliphatic carbocycles. The van der Waals surface area contributed by atoms with Crippen LogP contribution in [0.4, 0.5) is 13.2 Å². The molecule has 9 N–H and O–H groups in total. The summed E-state index contributed by atoms with van der Waals surface area (Å²) in [7, 11) is 0. The van der Waals surface area contributed by atoms with Crippen LogP contribution in [0, 0.1) is 0 Å². The molecule has 0 fully saturated rings. The summed E-state index contributed by atoms with van der Waals surface area (Å²) in [6.07, 6.45) is -1.91. The maximum Gasteiger partial charge on any atom is 0.573 e. The molecule has 4 rings (SSSR count). The van der Waals surface area contributed by atoms with Crippen molar-refractivity contribution in [3.8, 4) is 11.4 Å². The van der Waals surface area contributed by atoms with Crippen LogP contribution in [0.5, 0.6) is 5.75 Å². The van der Waals surface area contributed by atoms with E-state index in [9.17, 15) is 23.1 Å². The lowest BCUT2D eigenvalue weighted by Crippen LogP contribution is -2.23. The van der Waals surface area contributed by atoms with Crippen LogP contribution in [-0.2, 0) is 17.4 Å². The van der Waals surface area contributed by atoms with Crippen molar-refractivity contribution in [2.24, 2.45) is 22.2 Å². The van der Waals surface area contributed by atoms with Gasteiger partial charge in [0, 0.05) is 35.8 Å². The van der Waals surface area contributed by atoms with Crippen LogP contribution >= 0.6 is 0 Å². The Morgan fingerprint density at radius 3 is 2.28 bits per heavy atom. The van der Waals surface area contributed by atoms with Gasteiger partial charge in [0.05, 0.1) is 11.8 Å². The number of aliphatic imine (C=N–C) groups is 1. The second-order valence-electron chi connectivity index (χ2n) is 14.2. The first-order valence-corrected chi connectivity index (χ1v) is 16.5. The van der Waals surface area contributed by atoms with Gasteiger partial charge in [-0.1, -0.05) is 59.7 Å². The predicted octanol–water partition coefficient (Wildman–Crippen LogP) is 5.42. The fourth-order valence-electron chi connectivity index (χ4n) is 4.92. The second-order valence-corrected chi connectivity index (χ2v) is 14.2. The molecule has 274 valence electrons. The molecule has 2 aromatic heterocycles. The number of halogens is 3. The monoisotopic (exact) mass is 700 g/mol. The number of aliphatic hydroxyl groups excluding tert-OH is 1. The number of hydrogen-bond acceptors (Lipinski definition) is 7. The highest BCUT2D eigenvalue weighted by molar-refractivity contribution is 5.76. The molecular weight excluding hydrogens is 649 g/mol. The minimum absolute atomic E-state index is 0.0352. The third kappa shape index (κ3) is 12.5. The average Bonchev–Trinajstić information content (AvgIpc) is 3.44. The van der Waals surface area contributed by atoms with Gasteiger partial charge in [-0.15, -0.1) is 13.2 Å². The number of nitrogens with one attached hydrogen (secondary N) is 2. The highest BCUT2D eigenvalue weighted by Crippen LogP contribution is 2.33. The summed E-state index contributed by atoms with van der Waals surface area (Å²) in [5.74, 6) is -0.186. The topological polar surface area (TPSA) is 183 Å². The van der Waals surface area contributed by atoms with Crippen LogP contribution in [-0.4, -0.2) is 51.6 Å². The SMILES string of the molecule is CC(C)(C)c1cc(OC(F)(F)F)cc(C(O)CCCN)c1.CC(C)(C)c1cc2cn(-c3ccc(CNCCCN=C(N)N)cc3)c(=O)nc2[nH]1. The van der Waals surface area contributed by atoms with E-state index in [0.717, 1.165) is 41.8 Å². The van der Waals surface area contributed by atoms with Crippen LogP contribution in [0.25, 0.3) is 16.7 Å². The minimum Gasteiger partial charge on any atom is -0.406 e. The lowest BCUT2D eigenvalue weighted by molar-refractivity contribution is -0.274. The smallest absolute Gasteiger partial charge is 0.406 e. The molecule has 1 atom stereocenters. The Hall–Kier alpha value is -4.40. The van der Waals surface area contributed by atoms with E-state index in [0.29, 0.717) is 42.7 Å². The van der Waals surface area contributed by atoms with Crippen LogP contribution in [0.1, 0.15) is 89.3 Å². The molecule has 0 radical (unpaired) electrons. The van der Waals surface area contributed by atoms with Gasteiger partial charge in [0.15, 0.2) is 5.96 Å². The minimum atomic E-state index is -4.75. The molecule has 0 saturated heterocycles. The Bertz CT molecular complexity index is 1770. The molecule has 4 aromatic rings. The van der Waals surface area contributed by atoms with E-state index in [1.165, 1.54) is 12.1 Å². The molecule has 0 bridgehead atoms. The third-order valence-corrected chi connectivity index (χ3v) is 7.76. The molecule has 2 aromatic carbocycles. The van der Waals surface area contributed by atoms with Crippen molar-refractivity contribution in [1.82, 2.24) is 19.9 Å². The third-order valence-electron chi connectivity index (χ3n) is 7.76. The van der Waals surface area contributed by atoms with Crippen LogP contribution < -0.4 is 32.9 Å². The van der Waals surface area contributed by atoms with E-state index in [1.807, 2.05) is 51.2 Å². The van der Waals surface area contributed by atoms with E-state index in [-0.39, 0.29) is 28.2 Å². The van der Waals surface area contributed by atoms with E-state index in [1.54, 1.807) is 10.6 Å². The number of nitrogens with zero attached hydrogens (tertiary/aromatic N) is 3. The Balaban J connectivity index is 0.000000286. The maximum absolute atomic E-state index is 12.5. The number of fused-ring (bicyclic) bond motifs is 1. The first-order chi connectivity index (χ1) is 23.3. The standard InChI is InChI=1S/C21H29N7O.C15H22F3NO2/c1-21(2,3)17-11-15-13-28(20(29)27-18(15)26-17)16-7-5-14(6-8-16)12-24-9-4-10-25-19(22)23;1-14(2,3)11-7-10(13(20)5-4-6-19)8-12(9-11)21-15(16,17)18/h5-8,11,13,24H,4,9-10,12H2,1-3H3,(H4,22,23,25)(H,26,27,29);7-9,13,20H,4-6,19H2,1-3H3. The van der Waals surface area contributed by atoms with Gasteiger partial charge in [-0.3, -0.25) is 9.56 Å². The fourth-order valence-corrected chi connectivity index (χ4v) is 4.92. The molecular formula is C36H51F3N8O3. The van der Waals surface area contributed by atoms with E-state index in [4.69, 9.17) is 17.2 Å². The lowest BCUT2D eigenvalue weighted by Gasteiger charge is -2.23. The summed E-state index contributed by atoms with van der Waals surface area (Å²) in [4.78, 5) is 23.9. The van der Waals surface area contributed by atoms with E-state index >= 15 is 0 Å². The average molecular weight is 701 g/mol. The first-order valence-electron chi connectivity index (χ1n) is 16.5. The van der Waals surface area contributed by atoms with E-state index < -0.39 is 12.5 Å². The Morgan fingerprint density at radius 2 is 1.70 bits per heavy atom. The number of benzene rings is 2. The molecule has 50 heavy (non-hydrogen) atoms. The molecule has 0 saturated carbocycles. The molecule has 11 nitrogen and oxygen atoms in total. The largest absolute Gasteiger partial charge is 0.573 e. The number of guanidine groups is 1. The van der Waals surface area contributed by atoms with Gasteiger partial charge in [-0.05, 0) is 84.8 Å². The summed E-state index contributed by atoms with van der Waals surface area (Å²) in [5.41, 5.74) is 20.0. The zero-order chi connectivity index (χ0) is 37.3. The number of ether oxygens (including phenoxy) is 1. The van der Waals surface area contributed by atoms with Gasteiger partial charge in [0.2, 0.25) is 0 Å². The van der Waals surface area contributed by atoms with Gasteiger partial charge < -0.3 is 37.3 Å². The quantitative estimate of drug-likeness (QED) is 0.0643. The van der Waals surface area contributed by atoms with Gasteiger partial charge in [-0.2, -0.15) is 4.98 Å². The Labute approximate surface area is 291 Å². The van der Waals surface area contributed by atoms with Gasteiger partial charge >= 0.3 is 12.1 Å². The number of rotatable bonds is 12. The van der Waals surface area contributed by atoms with Crippen LogP contribution in [0.3, 0.4) is 0 Å².